The number of guanidine groups is 1. The van der Waals surface area contributed by atoms with E-state index in [1.807, 2.05) is 0 Å². The third-order valence-electron chi connectivity index (χ3n) is 5.72. The molecule has 4 atom stereocenters. The third kappa shape index (κ3) is 10.6. The molecule has 1 heterocycles. The van der Waals surface area contributed by atoms with Crippen LogP contribution in [0.3, 0.4) is 0 Å². The number of carboxylic acid groups (broad SMARTS) is 1. The standard InChI is InChI=1S/C24H35N9O7/c25-16(9-14-10-28-12-30-14)20(36)33-19(11-34)22(38)32-18(8-13-3-5-15(35)6-4-13)21(37)31-17(23(39)40)2-1-7-29-24(26)27/h3-6,10,12,16-19,34-35H,1-2,7-9,11,25H2,(H,28,30)(H,31,37)(H,32,38)(H,33,36)(H,39,40)(H4,26,27,29). The van der Waals surface area contributed by atoms with Crippen molar-refractivity contribution in [3.8, 4) is 5.75 Å². The summed E-state index contributed by atoms with van der Waals surface area (Å²) in [6.45, 7) is -0.652. The van der Waals surface area contributed by atoms with E-state index in [0.717, 1.165) is 0 Å². The summed E-state index contributed by atoms with van der Waals surface area (Å²) in [5.74, 6) is -3.93. The number of phenolic OH excluding ortho intramolecular Hbond substituents is 1. The number of hydrogen-bond donors (Lipinski definition) is 10. The topological polar surface area (TPSA) is 284 Å². The number of carboxylic acids is 1. The van der Waals surface area contributed by atoms with Gasteiger partial charge in [0.25, 0.3) is 0 Å². The lowest BCUT2D eigenvalue weighted by molar-refractivity contribution is -0.142. The molecule has 1 aromatic heterocycles. The number of aliphatic hydroxyl groups is 1. The van der Waals surface area contributed by atoms with Gasteiger partial charge in [0.15, 0.2) is 5.96 Å². The molecule has 4 unspecified atom stereocenters. The van der Waals surface area contributed by atoms with Crippen molar-refractivity contribution in [2.45, 2.75) is 49.9 Å². The summed E-state index contributed by atoms with van der Waals surface area (Å²) in [5, 5.41) is 36.1. The number of rotatable bonds is 16. The maximum atomic E-state index is 13.1. The van der Waals surface area contributed by atoms with Crippen molar-refractivity contribution in [1.82, 2.24) is 25.9 Å². The van der Waals surface area contributed by atoms with Gasteiger partial charge < -0.3 is 53.5 Å². The number of amides is 3. The molecule has 2 aromatic rings. The Bertz CT molecular complexity index is 1150. The molecule has 0 aliphatic heterocycles. The van der Waals surface area contributed by atoms with Crippen LogP contribution < -0.4 is 33.2 Å². The van der Waals surface area contributed by atoms with E-state index in [1.54, 1.807) is 0 Å². The predicted molar refractivity (Wildman–Crippen MR) is 143 cm³/mol. The van der Waals surface area contributed by atoms with E-state index in [1.165, 1.54) is 36.8 Å². The molecule has 1 aromatic carbocycles. The summed E-state index contributed by atoms with van der Waals surface area (Å²) in [5.41, 5.74) is 17.5. The van der Waals surface area contributed by atoms with Crippen LogP contribution in [0.2, 0.25) is 0 Å². The number of carbonyl (C=O) groups is 4. The number of aliphatic imine (C=N–C) groups is 1. The number of aromatic hydroxyl groups is 1. The Hall–Kier alpha value is -4.70. The lowest BCUT2D eigenvalue weighted by atomic mass is 10.0. The molecular weight excluding hydrogens is 526 g/mol. The van der Waals surface area contributed by atoms with Gasteiger partial charge in [-0.15, -0.1) is 0 Å². The molecule has 0 saturated carbocycles. The van der Waals surface area contributed by atoms with E-state index in [-0.39, 0.29) is 43.9 Å². The Morgan fingerprint density at radius 3 is 2.15 bits per heavy atom. The molecule has 218 valence electrons. The summed E-state index contributed by atoms with van der Waals surface area (Å²) in [4.78, 5) is 60.8. The van der Waals surface area contributed by atoms with Crippen molar-refractivity contribution >= 4 is 29.7 Å². The van der Waals surface area contributed by atoms with E-state index in [4.69, 9.17) is 17.2 Å². The fourth-order valence-electron chi connectivity index (χ4n) is 3.58. The van der Waals surface area contributed by atoms with Gasteiger partial charge in [0.1, 0.15) is 23.9 Å². The van der Waals surface area contributed by atoms with Crippen LogP contribution in [0.25, 0.3) is 0 Å². The van der Waals surface area contributed by atoms with Crippen molar-refractivity contribution < 1.29 is 34.5 Å². The van der Waals surface area contributed by atoms with Gasteiger partial charge in [-0.1, -0.05) is 12.1 Å². The quantitative estimate of drug-likeness (QED) is 0.0553. The van der Waals surface area contributed by atoms with Crippen LogP contribution in [-0.2, 0) is 32.0 Å². The van der Waals surface area contributed by atoms with Crippen molar-refractivity contribution in [1.29, 1.82) is 0 Å². The minimum atomic E-state index is -1.45. The molecule has 16 nitrogen and oxygen atoms in total. The summed E-state index contributed by atoms with van der Waals surface area (Å²) in [6, 6.07) is 0.674. The zero-order chi connectivity index (χ0) is 29.7. The number of aromatic amines is 1. The molecule has 0 saturated heterocycles. The van der Waals surface area contributed by atoms with Gasteiger partial charge in [-0.05, 0) is 30.5 Å². The largest absolute Gasteiger partial charge is 0.508 e. The number of H-pyrrole nitrogens is 1. The van der Waals surface area contributed by atoms with Crippen LogP contribution in [0, 0.1) is 0 Å². The van der Waals surface area contributed by atoms with Crippen LogP contribution in [0.5, 0.6) is 5.75 Å². The Morgan fingerprint density at radius 1 is 0.950 bits per heavy atom. The number of nitrogens with two attached hydrogens (primary N) is 3. The molecule has 0 bridgehead atoms. The zero-order valence-electron chi connectivity index (χ0n) is 21.6. The number of aliphatic hydroxyl groups excluding tert-OH is 1. The molecule has 3 amide bonds. The molecule has 0 radical (unpaired) electrons. The van der Waals surface area contributed by atoms with Gasteiger partial charge in [-0.25, -0.2) is 9.78 Å². The fraction of sp³-hybridized carbons (Fsp3) is 0.417. The van der Waals surface area contributed by atoms with Gasteiger partial charge in [-0.3, -0.25) is 19.4 Å². The number of imidazole rings is 1. The molecule has 0 fully saturated rings. The Balaban J connectivity index is 2.12. The number of aromatic nitrogens is 2. The second kappa shape index (κ2) is 15.6. The van der Waals surface area contributed by atoms with E-state index in [9.17, 15) is 34.5 Å². The molecule has 13 N–H and O–H groups in total. The maximum Gasteiger partial charge on any atom is 0.326 e. The van der Waals surface area contributed by atoms with Gasteiger partial charge in [-0.2, -0.15) is 0 Å². The van der Waals surface area contributed by atoms with Crippen molar-refractivity contribution in [2.75, 3.05) is 13.2 Å². The highest BCUT2D eigenvalue weighted by atomic mass is 16.4. The van der Waals surface area contributed by atoms with E-state index >= 15 is 0 Å². The van der Waals surface area contributed by atoms with Crippen LogP contribution in [0.1, 0.15) is 24.1 Å². The molecule has 40 heavy (non-hydrogen) atoms. The minimum absolute atomic E-state index is 0.00126. The second-order valence-corrected chi connectivity index (χ2v) is 8.91. The summed E-state index contributed by atoms with van der Waals surface area (Å²) < 4.78 is 0. The van der Waals surface area contributed by atoms with Crippen LogP contribution >= 0.6 is 0 Å². The maximum absolute atomic E-state index is 13.1. The zero-order valence-corrected chi connectivity index (χ0v) is 21.6. The number of carbonyl (C=O) groups excluding carboxylic acids is 3. The van der Waals surface area contributed by atoms with Crippen molar-refractivity contribution in [3.63, 3.8) is 0 Å². The number of phenols is 1. The average molecular weight is 562 g/mol. The summed E-state index contributed by atoms with van der Waals surface area (Å²) >= 11 is 0. The number of nitrogens with zero attached hydrogens (tertiary/aromatic N) is 2. The summed E-state index contributed by atoms with van der Waals surface area (Å²) in [7, 11) is 0. The molecule has 0 spiro atoms. The van der Waals surface area contributed by atoms with Crippen molar-refractivity contribution in [3.05, 3.63) is 48.0 Å². The highest BCUT2D eigenvalue weighted by Crippen LogP contribution is 2.12. The first-order chi connectivity index (χ1) is 19.0. The van der Waals surface area contributed by atoms with E-state index in [2.05, 4.69) is 30.9 Å². The van der Waals surface area contributed by atoms with Crippen LogP contribution in [0.4, 0.5) is 0 Å². The van der Waals surface area contributed by atoms with Gasteiger partial charge in [0.05, 0.1) is 19.0 Å². The summed E-state index contributed by atoms with van der Waals surface area (Å²) in [6.07, 6.45) is 3.16. The number of nitrogens with one attached hydrogen (secondary N) is 4. The van der Waals surface area contributed by atoms with Gasteiger partial charge in [0.2, 0.25) is 17.7 Å². The first kappa shape index (κ1) is 31.5. The van der Waals surface area contributed by atoms with E-state index in [0.29, 0.717) is 11.3 Å². The first-order valence-electron chi connectivity index (χ1n) is 12.3. The monoisotopic (exact) mass is 561 g/mol. The number of hydrogen-bond acceptors (Lipinski definition) is 9. The Kier molecular flexibility index (Phi) is 12.3. The average Bonchev–Trinajstić information content (AvgIpc) is 3.42. The molecule has 2 rings (SSSR count). The minimum Gasteiger partial charge on any atom is -0.508 e. The third-order valence-corrected chi connectivity index (χ3v) is 5.72. The normalized spacial score (nSPS) is 13.8. The lowest BCUT2D eigenvalue weighted by Crippen LogP contribution is -2.58. The van der Waals surface area contributed by atoms with Gasteiger partial charge >= 0.3 is 5.97 Å². The first-order valence-corrected chi connectivity index (χ1v) is 12.3. The molecular formula is C24H35N9O7. The SMILES string of the molecule is NC(N)=NCCCC(NC(=O)C(Cc1ccc(O)cc1)NC(=O)C(CO)NC(=O)C(N)Cc1cnc[nH]1)C(=O)O. The predicted octanol–water partition coefficient (Wildman–Crippen LogP) is -3.19. The lowest BCUT2D eigenvalue weighted by Gasteiger charge is -2.24. The Labute approximate surface area is 229 Å². The number of benzene rings is 1. The highest BCUT2D eigenvalue weighted by molar-refractivity contribution is 5.94. The van der Waals surface area contributed by atoms with Crippen LogP contribution in [-0.4, -0.2) is 92.3 Å². The smallest absolute Gasteiger partial charge is 0.326 e. The van der Waals surface area contributed by atoms with Crippen molar-refractivity contribution in [2.24, 2.45) is 22.2 Å². The fourth-order valence-corrected chi connectivity index (χ4v) is 3.58. The van der Waals surface area contributed by atoms with Crippen LogP contribution in [0.15, 0.2) is 41.8 Å². The number of aliphatic carboxylic acids is 1. The molecule has 0 aliphatic carbocycles. The Morgan fingerprint density at radius 2 is 1.57 bits per heavy atom. The molecule has 16 heteroatoms. The second-order valence-electron chi connectivity index (χ2n) is 8.91. The molecule has 0 aliphatic rings. The van der Waals surface area contributed by atoms with Gasteiger partial charge in [0, 0.05) is 31.3 Å². The highest BCUT2D eigenvalue weighted by Gasteiger charge is 2.30. The van der Waals surface area contributed by atoms with E-state index < -0.39 is 54.5 Å².